The van der Waals surface area contributed by atoms with Crippen LogP contribution in [0.15, 0.2) is 35.3 Å². The Morgan fingerprint density at radius 2 is 2.12 bits per heavy atom. The van der Waals surface area contributed by atoms with Crippen molar-refractivity contribution in [2.24, 2.45) is 10.9 Å². The van der Waals surface area contributed by atoms with E-state index in [2.05, 4.69) is 45.5 Å². The van der Waals surface area contributed by atoms with Crippen LogP contribution in [-0.4, -0.2) is 75.7 Å². The number of hydrogen-bond donors (Lipinski definition) is 1. The number of rotatable bonds is 7. The Morgan fingerprint density at radius 1 is 1.36 bits per heavy atom. The van der Waals surface area contributed by atoms with Crippen LogP contribution in [0.3, 0.4) is 0 Å². The highest BCUT2D eigenvalue weighted by molar-refractivity contribution is 5.85. The second-order valence-electron chi connectivity index (χ2n) is 6.64. The minimum atomic E-state index is 0.00562. The first-order valence-electron chi connectivity index (χ1n) is 8.86. The summed E-state index contributed by atoms with van der Waals surface area (Å²) in [4.78, 5) is 20.2. The van der Waals surface area contributed by atoms with Crippen LogP contribution in [-0.2, 0) is 16.0 Å². The molecule has 2 rings (SSSR count). The molecule has 138 valence electrons. The number of guanidine groups is 1. The Bertz CT molecular complexity index is 560. The quantitative estimate of drug-likeness (QED) is 0.458. The van der Waals surface area contributed by atoms with Gasteiger partial charge in [0.2, 0.25) is 5.91 Å². The molecule has 1 amide bonds. The molecular formula is C19H30N4O2. The van der Waals surface area contributed by atoms with Crippen molar-refractivity contribution in [1.29, 1.82) is 0 Å². The maximum absolute atomic E-state index is 11.8. The molecule has 6 heteroatoms. The van der Waals surface area contributed by atoms with Crippen LogP contribution in [0.4, 0.5) is 0 Å². The molecule has 0 bridgehead atoms. The Labute approximate surface area is 150 Å². The number of nitrogens with one attached hydrogen (secondary N) is 1. The molecule has 6 nitrogen and oxygen atoms in total. The first-order chi connectivity index (χ1) is 12.1. The van der Waals surface area contributed by atoms with Crippen LogP contribution in [0.25, 0.3) is 0 Å². The smallest absolute Gasteiger partial charge is 0.243 e. The van der Waals surface area contributed by atoms with Crippen LogP contribution in [0.1, 0.15) is 12.0 Å². The summed E-state index contributed by atoms with van der Waals surface area (Å²) in [5.74, 6) is 1.43. The molecule has 1 aromatic rings. The molecule has 0 aromatic heterocycles. The molecule has 1 atom stereocenters. The van der Waals surface area contributed by atoms with Gasteiger partial charge in [-0.15, -0.1) is 0 Å². The zero-order valence-corrected chi connectivity index (χ0v) is 15.6. The molecule has 0 aliphatic carbocycles. The Kier molecular flexibility index (Phi) is 7.73. The van der Waals surface area contributed by atoms with Gasteiger partial charge in [-0.2, -0.15) is 0 Å². The van der Waals surface area contributed by atoms with Crippen molar-refractivity contribution in [3.05, 3.63) is 35.9 Å². The monoisotopic (exact) mass is 346 g/mol. The standard InChI is InChI=1S/C19H30N4O2/c1-22(2)18(24)14-21-19(20-10-12-25-3)23-11-9-17(15-23)13-16-7-5-4-6-8-16/h4-8,17H,9-15H2,1-3H3,(H,20,21). The maximum Gasteiger partial charge on any atom is 0.243 e. The van der Waals surface area contributed by atoms with Gasteiger partial charge in [0.05, 0.1) is 6.61 Å². The fourth-order valence-electron chi connectivity index (χ4n) is 2.96. The number of hydrogen-bond acceptors (Lipinski definition) is 3. The van der Waals surface area contributed by atoms with Crippen molar-refractivity contribution < 1.29 is 9.53 Å². The largest absolute Gasteiger partial charge is 0.383 e. The van der Waals surface area contributed by atoms with Gasteiger partial charge in [0, 0.05) is 40.8 Å². The van der Waals surface area contributed by atoms with E-state index in [1.54, 1.807) is 26.1 Å². The van der Waals surface area contributed by atoms with Gasteiger partial charge in [0.1, 0.15) is 6.54 Å². The first-order valence-corrected chi connectivity index (χ1v) is 8.86. The lowest BCUT2D eigenvalue weighted by Crippen LogP contribution is -2.42. The van der Waals surface area contributed by atoms with Gasteiger partial charge in [-0.3, -0.25) is 4.79 Å². The summed E-state index contributed by atoms with van der Waals surface area (Å²) in [6, 6.07) is 10.6. The van der Waals surface area contributed by atoms with E-state index in [0.29, 0.717) is 19.1 Å². The molecule has 1 heterocycles. The molecule has 1 fully saturated rings. The molecule has 1 N–H and O–H groups in total. The SMILES string of the molecule is COCCNC(=NCC(=O)N(C)C)N1CCC(Cc2ccccc2)C1. The minimum Gasteiger partial charge on any atom is -0.383 e. The topological polar surface area (TPSA) is 57.2 Å². The van der Waals surface area contributed by atoms with Crippen molar-refractivity contribution in [3.63, 3.8) is 0 Å². The zero-order chi connectivity index (χ0) is 18.1. The molecule has 1 saturated heterocycles. The summed E-state index contributed by atoms with van der Waals surface area (Å²) >= 11 is 0. The summed E-state index contributed by atoms with van der Waals surface area (Å²) in [6.45, 7) is 3.39. The maximum atomic E-state index is 11.8. The van der Waals surface area contributed by atoms with Crippen LogP contribution in [0.2, 0.25) is 0 Å². The van der Waals surface area contributed by atoms with Gasteiger partial charge in [-0.25, -0.2) is 4.99 Å². The number of benzene rings is 1. The van der Waals surface area contributed by atoms with Gasteiger partial charge in [-0.1, -0.05) is 30.3 Å². The van der Waals surface area contributed by atoms with E-state index in [1.807, 2.05) is 0 Å². The number of methoxy groups -OCH3 is 1. The van der Waals surface area contributed by atoms with E-state index >= 15 is 0 Å². The third-order valence-corrected chi connectivity index (χ3v) is 4.40. The third kappa shape index (κ3) is 6.38. The lowest BCUT2D eigenvalue weighted by molar-refractivity contribution is -0.127. The molecule has 1 aliphatic heterocycles. The molecule has 1 unspecified atom stereocenters. The number of carbonyl (C=O) groups is 1. The molecule has 0 radical (unpaired) electrons. The highest BCUT2D eigenvalue weighted by Gasteiger charge is 2.25. The second kappa shape index (κ2) is 10.0. The van der Waals surface area contributed by atoms with Crippen molar-refractivity contribution in [1.82, 2.24) is 15.1 Å². The summed E-state index contributed by atoms with van der Waals surface area (Å²) in [5.41, 5.74) is 1.38. The number of ether oxygens (including phenoxy) is 1. The average Bonchev–Trinajstić information content (AvgIpc) is 3.06. The predicted molar refractivity (Wildman–Crippen MR) is 101 cm³/mol. The molecule has 1 aliphatic rings. The molecular weight excluding hydrogens is 316 g/mol. The highest BCUT2D eigenvalue weighted by atomic mass is 16.5. The number of nitrogens with zero attached hydrogens (tertiary/aromatic N) is 3. The van der Waals surface area contributed by atoms with E-state index in [1.165, 1.54) is 5.56 Å². The summed E-state index contributed by atoms with van der Waals surface area (Å²) in [5, 5.41) is 3.32. The molecule has 0 saturated carbocycles. The first kappa shape index (κ1) is 19.2. The Balaban J connectivity index is 1.94. The van der Waals surface area contributed by atoms with Crippen LogP contribution >= 0.6 is 0 Å². The van der Waals surface area contributed by atoms with Crippen LogP contribution < -0.4 is 5.32 Å². The second-order valence-corrected chi connectivity index (χ2v) is 6.64. The Morgan fingerprint density at radius 3 is 2.80 bits per heavy atom. The van der Waals surface area contributed by atoms with Crippen molar-refractivity contribution >= 4 is 11.9 Å². The van der Waals surface area contributed by atoms with E-state index in [9.17, 15) is 4.79 Å². The van der Waals surface area contributed by atoms with Gasteiger partial charge in [-0.05, 0) is 24.3 Å². The minimum absolute atomic E-state index is 0.00562. The highest BCUT2D eigenvalue weighted by Crippen LogP contribution is 2.20. The third-order valence-electron chi connectivity index (χ3n) is 4.40. The number of amides is 1. The van der Waals surface area contributed by atoms with Gasteiger partial charge < -0.3 is 19.9 Å². The molecule has 0 spiro atoms. The predicted octanol–water partition coefficient (Wildman–Crippen LogP) is 1.23. The van der Waals surface area contributed by atoms with E-state index < -0.39 is 0 Å². The van der Waals surface area contributed by atoms with Crippen molar-refractivity contribution in [2.45, 2.75) is 12.8 Å². The van der Waals surface area contributed by atoms with Crippen molar-refractivity contribution in [2.75, 3.05) is 54.0 Å². The number of likely N-dealkylation sites (N-methyl/N-ethyl adjacent to an activating group) is 1. The van der Waals surface area contributed by atoms with E-state index in [4.69, 9.17) is 4.74 Å². The van der Waals surface area contributed by atoms with Crippen LogP contribution in [0, 0.1) is 5.92 Å². The number of aliphatic imine (C=N–C) groups is 1. The van der Waals surface area contributed by atoms with Crippen LogP contribution in [0.5, 0.6) is 0 Å². The average molecular weight is 346 g/mol. The van der Waals surface area contributed by atoms with Gasteiger partial charge in [0.15, 0.2) is 5.96 Å². The molecule has 25 heavy (non-hydrogen) atoms. The Hall–Kier alpha value is -2.08. The summed E-state index contributed by atoms with van der Waals surface area (Å²) < 4.78 is 5.11. The van der Waals surface area contributed by atoms with Crippen molar-refractivity contribution in [3.8, 4) is 0 Å². The lowest BCUT2D eigenvalue weighted by Gasteiger charge is -2.22. The normalized spacial score (nSPS) is 17.6. The van der Waals surface area contributed by atoms with E-state index in [-0.39, 0.29) is 12.5 Å². The number of carbonyl (C=O) groups excluding carboxylic acids is 1. The summed E-state index contributed by atoms with van der Waals surface area (Å²) in [6.07, 6.45) is 2.22. The number of likely N-dealkylation sites (tertiary alicyclic amines) is 1. The van der Waals surface area contributed by atoms with Gasteiger partial charge >= 0.3 is 0 Å². The fourth-order valence-corrected chi connectivity index (χ4v) is 2.96. The lowest BCUT2D eigenvalue weighted by atomic mass is 9.99. The fraction of sp³-hybridized carbons (Fsp3) is 0.579. The molecule has 1 aromatic carbocycles. The van der Waals surface area contributed by atoms with E-state index in [0.717, 1.165) is 31.9 Å². The summed E-state index contributed by atoms with van der Waals surface area (Å²) in [7, 11) is 5.18. The zero-order valence-electron chi connectivity index (χ0n) is 15.6. The van der Waals surface area contributed by atoms with Gasteiger partial charge in [0.25, 0.3) is 0 Å².